The van der Waals surface area contributed by atoms with Crippen LogP contribution in [0.1, 0.15) is 13.0 Å². The number of rotatable bonds is 16. The second kappa shape index (κ2) is 58.3. The second-order valence-corrected chi connectivity index (χ2v) is 12.1. The third-order valence-electron chi connectivity index (χ3n) is 5.57. The Bertz CT molecular complexity index is 626. The number of ether oxygens (including phenoxy) is 8. The van der Waals surface area contributed by atoms with E-state index in [1.807, 2.05) is 6.07 Å². The number of aliphatic hydroxyl groups is 1. The van der Waals surface area contributed by atoms with Gasteiger partial charge in [-0.3, -0.25) is 4.90 Å². The molecule has 2 heterocycles. The van der Waals surface area contributed by atoms with Gasteiger partial charge in [-0.25, -0.2) is 0 Å². The summed E-state index contributed by atoms with van der Waals surface area (Å²) in [6.45, 7) is 16.5. The van der Waals surface area contributed by atoms with Gasteiger partial charge in [0.15, 0.2) is 0 Å². The van der Waals surface area contributed by atoms with Crippen molar-refractivity contribution < 1.29 is 96.5 Å². The van der Waals surface area contributed by atoms with Crippen LogP contribution < -0.4 is 58.9 Å². The largest absolute Gasteiger partial charge is 1.00 e. The quantitative estimate of drug-likeness (QED) is 0.0904. The van der Waals surface area contributed by atoms with Crippen LogP contribution in [0.25, 0.3) is 0 Å². The average Bonchev–Trinajstić information content (AvgIpc) is 3.36. The minimum Gasteiger partial charge on any atom is -1.00 e. The molecule has 0 bridgehead atoms. The summed E-state index contributed by atoms with van der Waals surface area (Å²) in [5.74, 6) is 1.07. The van der Waals surface area contributed by atoms with Crippen LogP contribution in [0.4, 0.5) is 0 Å². The number of benzene rings is 1. The van der Waals surface area contributed by atoms with E-state index in [1.165, 1.54) is 5.56 Å². The molecule has 1 aromatic carbocycles. The van der Waals surface area contributed by atoms with E-state index < -0.39 is 0 Å². The van der Waals surface area contributed by atoms with Gasteiger partial charge in [-0.05, 0) is 5.56 Å². The van der Waals surface area contributed by atoms with Gasteiger partial charge in [0.25, 0.3) is 0 Å². The molecule has 0 unspecified atom stereocenters. The summed E-state index contributed by atoms with van der Waals surface area (Å²) in [4.78, 5) is 2.38. The van der Waals surface area contributed by atoms with Crippen LogP contribution in [-0.4, -0.2) is 170 Å². The molecular formula is C33H64Cl2I3N2NaO9. The summed E-state index contributed by atoms with van der Waals surface area (Å²) in [6.07, 6.45) is 0. The maximum atomic E-state index is 7.00. The van der Waals surface area contributed by atoms with Crippen LogP contribution in [-0.2, 0) is 44.4 Å². The van der Waals surface area contributed by atoms with Crippen molar-refractivity contribution in [2.45, 2.75) is 14.0 Å². The molecule has 17 heteroatoms. The number of nitrogens with zero attached hydrogens (tertiary/aromatic N) is 1. The van der Waals surface area contributed by atoms with E-state index in [1.54, 1.807) is 0 Å². The van der Waals surface area contributed by atoms with Crippen LogP contribution in [0.2, 0.25) is 0 Å². The molecule has 0 aliphatic carbocycles. The predicted octanol–water partition coefficient (Wildman–Crippen LogP) is -1.20. The number of nitrogens with one attached hydrogen (secondary N) is 1. The zero-order chi connectivity index (χ0) is 34.7. The number of halogens is 5. The number of hydrogen-bond donors (Lipinski definition) is 2. The molecule has 2 fully saturated rings. The fourth-order valence-corrected chi connectivity index (χ4v) is 4.26. The zero-order valence-electron chi connectivity index (χ0n) is 29.6. The fourth-order valence-electron chi connectivity index (χ4n) is 3.42. The molecule has 2 aliphatic rings. The minimum absolute atomic E-state index is 0. The number of hydrogen-bond acceptors (Lipinski definition) is 11. The van der Waals surface area contributed by atoms with Gasteiger partial charge < -0.3 is 72.3 Å². The van der Waals surface area contributed by atoms with Gasteiger partial charge in [0.1, 0.15) is 0 Å². The van der Waals surface area contributed by atoms with Crippen LogP contribution in [0.5, 0.6) is 0 Å². The first-order valence-corrected chi connectivity index (χ1v) is 20.2. The molecule has 2 saturated heterocycles. The third kappa shape index (κ3) is 52.7. The van der Waals surface area contributed by atoms with Gasteiger partial charge >= 0.3 is 29.6 Å². The van der Waals surface area contributed by atoms with Crippen molar-refractivity contribution in [3.63, 3.8) is 0 Å². The summed E-state index contributed by atoms with van der Waals surface area (Å²) in [7, 11) is 1.00. The Kier molecular flexibility index (Phi) is 72.0. The fraction of sp³-hybridized carbons (Fsp3) is 0.818. The summed E-state index contributed by atoms with van der Waals surface area (Å²) in [6, 6.07) is 10.5. The molecule has 50 heavy (non-hydrogen) atoms. The van der Waals surface area contributed by atoms with Gasteiger partial charge in [-0.1, -0.05) is 82.9 Å². The van der Waals surface area contributed by atoms with Crippen molar-refractivity contribution >= 4 is 68.4 Å². The van der Waals surface area contributed by atoms with Crippen LogP contribution in [0.3, 0.4) is 0 Å². The average molecular weight is 1110 g/mol. The molecule has 0 radical (unpaired) electrons. The SMILES string of the molecule is C.C1COCCOCCN1.CO.ClCCOCCOCCCl.ICCOCCOCCI.[I-].[Na+].c1ccc(CN2CCOCCOCC2)cc1. The molecule has 1 aromatic rings. The topological polar surface area (TPSA) is 109 Å². The molecule has 11 nitrogen and oxygen atoms in total. The van der Waals surface area contributed by atoms with E-state index in [0.717, 1.165) is 128 Å². The van der Waals surface area contributed by atoms with Gasteiger partial charge in [-0.15, -0.1) is 23.2 Å². The Balaban J connectivity index is -0.000000179. The van der Waals surface area contributed by atoms with Crippen molar-refractivity contribution in [3.05, 3.63) is 35.9 Å². The predicted molar refractivity (Wildman–Crippen MR) is 215 cm³/mol. The van der Waals surface area contributed by atoms with E-state index in [0.29, 0.717) is 38.2 Å². The number of aliphatic hydroxyl groups excluding tert-OH is 1. The van der Waals surface area contributed by atoms with E-state index >= 15 is 0 Å². The molecule has 296 valence electrons. The summed E-state index contributed by atoms with van der Waals surface area (Å²) in [5, 5.41) is 10.2. The van der Waals surface area contributed by atoms with Crippen molar-refractivity contribution in [1.82, 2.24) is 10.2 Å². The molecular weight excluding hydrogens is 1040 g/mol. The smallest absolute Gasteiger partial charge is 1.00 e. The van der Waals surface area contributed by atoms with E-state index in [4.69, 9.17) is 66.2 Å². The first-order chi connectivity index (χ1) is 23.3. The Hall–Kier alpha value is 2.55. The molecule has 0 atom stereocenters. The summed E-state index contributed by atoms with van der Waals surface area (Å²) in [5.41, 5.74) is 1.35. The molecule has 0 spiro atoms. The second-order valence-electron chi connectivity index (χ2n) is 9.17. The van der Waals surface area contributed by atoms with Gasteiger partial charge in [-0.2, -0.15) is 0 Å². The van der Waals surface area contributed by atoms with E-state index in [9.17, 15) is 0 Å². The molecule has 0 aromatic heterocycles. The Morgan fingerprint density at radius 2 is 1.02 bits per heavy atom. The van der Waals surface area contributed by atoms with Gasteiger partial charge in [0.05, 0.1) is 106 Å². The molecule has 2 aliphatic heterocycles. The van der Waals surface area contributed by atoms with Crippen LogP contribution in [0, 0.1) is 0 Å². The molecule has 3 rings (SSSR count). The maximum Gasteiger partial charge on any atom is 1.00 e. The van der Waals surface area contributed by atoms with E-state index in [2.05, 4.69) is 79.7 Å². The first-order valence-electron chi connectivity index (χ1n) is 16.1. The maximum absolute atomic E-state index is 7.00. The summed E-state index contributed by atoms with van der Waals surface area (Å²) >= 11 is 15.3. The van der Waals surface area contributed by atoms with Gasteiger partial charge in [0, 0.05) is 60.4 Å². The minimum atomic E-state index is 0. The zero-order valence-corrected chi connectivity index (χ0v) is 39.6. The Labute approximate surface area is 380 Å². The number of alkyl halides is 4. The van der Waals surface area contributed by atoms with Crippen LogP contribution >= 0.6 is 68.4 Å². The Morgan fingerprint density at radius 3 is 1.40 bits per heavy atom. The monoisotopic (exact) mass is 1110 g/mol. The molecule has 0 amide bonds. The molecule has 2 N–H and O–H groups in total. The van der Waals surface area contributed by atoms with Crippen molar-refractivity contribution in [2.75, 3.05) is 160 Å². The third-order valence-corrected chi connectivity index (χ3v) is 6.76. The first kappa shape index (κ1) is 61.8. The van der Waals surface area contributed by atoms with E-state index in [-0.39, 0.29) is 61.0 Å². The van der Waals surface area contributed by atoms with Crippen molar-refractivity contribution in [2.24, 2.45) is 0 Å². The normalized spacial score (nSPS) is 14.8. The van der Waals surface area contributed by atoms with Crippen LogP contribution in [0.15, 0.2) is 30.3 Å². The summed E-state index contributed by atoms with van der Waals surface area (Å²) < 4.78 is 43.8. The standard InChI is InChI=1S/C13H19NO2.C6H12Cl2O2.C6H12I2O2.C6H13NO2.CH4O.CH4.HI.Na/c1-2-4-13(5-3-1)12-14-6-8-15-10-11-16-9-7-14;2*7-1-3-9-5-6-10-4-2-8;1-3-8-5-6-9-4-2-7-1;1-2;;;/h1-5H,6-12H2;2*1-6H2;7H,1-6H2;2H,1H3;1H4;1H;/q;;;;;;;+1/p-1. The van der Waals surface area contributed by atoms with Crippen molar-refractivity contribution in [1.29, 1.82) is 0 Å². The molecule has 0 saturated carbocycles. The van der Waals surface area contributed by atoms with Gasteiger partial charge in [0.2, 0.25) is 0 Å². The Morgan fingerprint density at radius 1 is 0.640 bits per heavy atom. The van der Waals surface area contributed by atoms with Crippen molar-refractivity contribution in [3.8, 4) is 0 Å².